The molecule has 6 nitrogen and oxygen atoms in total. The van der Waals surface area contributed by atoms with Crippen LogP contribution in [0.5, 0.6) is 0 Å². The summed E-state index contributed by atoms with van der Waals surface area (Å²) in [6.45, 7) is 5.23. The Morgan fingerprint density at radius 1 is 1.24 bits per heavy atom. The van der Waals surface area contributed by atoms with Crippen molar-refractivity contribution in [1.29, 1.82) is 0 Å². The van der Waals surface area contributed by atoms with Gasteiger partial charge < -0.3 is 20.1 Å². The number of hydrogen-bond donors (Lipinski definition) is 2. The first-order valence-corrected chi connectivity index (χ1v) is 8.95. The lowest BCUT2D eigenvalue weighted by Gasteiger charge is -2.11. The van der Waals surface area contributed by atoms with E-state index < -0.39 is 11.9 Å². The summed E-state index contributed by atoms with van der Waals surface area (Å²) in [6, 6.07) is 0. The van der Waals surface area contributed by atoms with Crippen LogP contribution in [-0.2, 0) is 22.2 Å². The molecule has 0 spiro atoms. The average Bonchev–Trinajstić information content (AvgIpc) is 3.04. The number of methoxy groups -OCH3 is 1. The van der Waals surface area contributed by atoms with E-state index in [-0.39, 0.29) is 6.54 Å². The summed E-state index contributed by atoms with van der Waals surface area (Å²) in [7, 11) is 1.63. The van der Waals surface area contributed by atoms with E-state index in [1.807, 2.05) is 6.92 Å². The highest BCUT2D eigenvalue weighted by Gasteiger charge is 2.33. The molecule has 2 N–H and O–H groups in total. The summed E-state index contributed by atoms with van der Waals surface area (Å²) in [6.07, 6.45) is -2.61. The molecule has 0 amide bonds. The zero-order valence-electron chi connectivity index (χ0n) is 14.5. The van der Waals surface area contributed by atoms with Crippen LogP contribution in [0.25, 0.3) is 0 Å². The summed E-state index contributed by atoms with van der Waals surface area (Å²) >= 11 is 0.957. The number of nitrogens with one attached hydrogen (secondary N) is 2. The Bertz CT molecular complexity index is 509. The number of halogens is 3. The second kappa shape index (κ2) is 12.0. The molecule has 1 rings (SSSR count). The summed E-state index contributed by atoms with van der Waals surface area (Å²) in [5.74, 6) is 0.562. The van der Waals surface area contributed by atoms with Gasteiger partial charge >= 0.3 is 6.18 Å². The van der Waals surface area contributed by atoms with Gasteiger partial charge in [-0.15, -0.1) is 11.3 Å². The van der Waals surface area contributed by atoms with Gasteiger partial charge in [0.1, 0.15) is 5.01 Å². The van der Waals surface area contributed by atoms with E-state index in [0.717, 1.165) is 29.6 Å². The molecule has 0 bridgehead atoms. The minimum Gasteiger partial charge on any atom is -0.382 e. The smallest absolute Gasteiger partial charge is 0.382 e. The van der Waals surface area contributed by atoms with Crippen molar-refractivity contribution in [2.45, 2.75) is 32.5 Å². The lowest BCUT2D eigenvalue weighted by atomic mass is 10.3. The minimum atomic E-state index is -4.41. The molecule has 0 radical (unpaired) electrons. The summed E-state index contributed by atoms with van der Waals surface area (Å²) < 4.78 is 47.8. The highest BCUT2D eigenvalue weighted by atomic mass is 32.1. The minimum absolute atomic E-state index is 0.107. The highest BCUT2D eigenvalue weighted by molar-refractivity contribution is 7.09. The van der Waals surface area contributed by atoms with Gasteiger partial charge in [-0.25, -0.2) is 9.98 Å². The number of unbranched alkanes of at least 4 members (excludes halogenated alkanes) is 1. The largest absolute Gasteiger partial charge is 0.434 e. The van der Waals surface area contributed by atoms with Gasteiger partial charge in [0.05, 0.1) is 19.8 Å². The van der Waals surface area contributed by atoms with Gasteiger partial charge in [-0.05, 0) is 19.8 Å². The zero-order chi connectivity index (χ0) is 18.5. The second-order valence-corrected chi connectivity index (χ2v) is 6.00. The van der Waals surface area contributed by atoms with Crippen LogP contribution in [-0.4, -0.2) is 51.0 Å². The number of thiazole rings is 1. The van der Waals surface area contributed by atoms with Gasteiger partial charge in [0, 0.05) is 32.2 Å². The van der Waals surface area contributed by atoms with Gasteiger partial charge in [-0.3, -0.25) is 0 Å². The lowest BCUT2D eigenvalue weighted by molar-refractivity contribution is -0.140. The van der Waals surface area contributed by atoms with E-state index in [1.54, 1.807) is 7.11 Å². The van der Waals surface area contributed by atoms with Crippen LogP contribution in [0, 0.1) is 0 Å². The van der Waals surface area contributed by atoms with Crippen molar-refractivity contribution in [1.82, 2.24) is 15.6 Å². The Balaban J connectivity index is 2.32. The van der Waals surface area contributed by atoms with E-state index >= 15 is 0 Å². The Hall–Kier alpha value is -1.39. The van der Waals surface area contributed by atoms with Crippen LogP contribution in [0.15, 0.2) is 10.4 Å². The van der Waals surface area contributed by atoms with Crippen LogP contribution in [0.4, 0.5) is 13.2 Å². The van der Waals surface area contributed by atoms with Crippen molar-refractivity contribution in [2.75, 3.05) is 40.0 Å². The summed E-state index contributed by atoms with van der Waals surface area (Å²) in [4.78, 5) is 7.83. The molecule has 0 saturated carbocycles. The molecule has 0 aromatic carbocycles. The molecular formula is C15H25F3N4O2S. The molecule has 0 saturated heterocycles. The first-order valence-electron chi connectivity index (χ1n) is 8.07. The van der Waals surface area contributed by atoms with Gasteiger partial charge in [-0.2, -0.15) is 13.2 Å². The standard InChI is InChI=1S/C15H25F3N4O2S/c1-3-19-14(20-6-4-5-7-24-9-8-23-2)21-10-13-22-12(11-25-13)15(16,17)18/h11H,3-10H2,1-2H3,(H2,19,20,21). The third-order valence-corrected chi connectivity index (χ3v) is 3.83. The number of aliphatic imine (C=N–C) groups is 1. The van der Waals surface area contributed by atoms with Crippen LogP contribution in [0.2, 0.25) is 0 Å². The highest BCUT2D eigenvalue weighted by Crippen LogP contribution is 2.30. The van der Waals surface area contributed by atoms with Gasteiger partial charge in [0.15, 0.2) is 11.7 Å². The second-order valence-electron chi connectivity index (χ2n) is 5.06. The van der Waals surface area contributed by atoms with Crippen molar-refractivity contribution in [2.24, 2.45) is 4.99 Å². The summed E-state index contributed by atoms with van der Waals surface area (Å²) in [5.41, 5.74) is -0.867. The number of rotatable bonds is 11. The van der Waals surface area contributed by atoms with Gasteiger partial charge in [0.2, 0.25) is 0 Å². The van der Waals surface area contributed by atoms with E-state index in [9.17, 15) is 13.2 Å². The molecule has 1 heterocycles. The maximum Gasteiger partial charge on any atom is 0.434 e. The van der Waals surface area contributed by atoms with Crippen molar-refractivity contribution in [3.05, 3.63) is 16.1 Å². The molecule has 0 fully saturated rings. The predicted molar refractivity (Wildman–Crippen MR) is 91.9 cm³/mol. The van der Waals surface area contributed by atoms with Crippen molar-refractivity contribution in [3.8, 4) is 0 Å². The molecule has 144 valence electrons. The first kappa shape index (κ1) is 21.7. The summed E-state index contributed by atoms with van der Waals surface area (Å²) in [5, 5.41) is 7.54. The molecular weight excluding hydrogens is 357 g/mol. The Kier molecular flexibility index (Phi) is 10.4. The molecule has 0 unspecified atom stereocenters. The van der Waals surface area contributed by atoms with Crippen LogP contribution < -0.4 is 10.6 Å². The molecule has 10 heteroatoms. The third-order valence-electron chi connectivity index (χ3n) is 3.00. The topological polar surface area (TPSA) is 67.8 Å². The Morgan fingerprint density at radius 2 is 2.04 bits per heavy atom. The van der Waals surface area contributed by atoms with Crippen LogP contribution in [0.3, 0.4) is 0 Å². The van der Waals surface area contributed by atoms with Crippen molar-refractivity contribution in [3.63, 3.8) is 0 Å². The van der Waals surface area contributed by atoms with Crippen LogP contribution >= 0.6 is 11.3 Å². The molecule has 1 aromatic heterocycles. The number of ether oxygens (including phenoxy) is 2. The maximum absolute atomic E-state index is 12.5. The average molecular weight is 382 g/mol. The fourth-order valence-corrected chi connectivity index (χ4v) is 2.51. The number of guanidine groups is 1. The fraction of sp³-hybridized carbons (Fsp3) is 0.733. The number of nitrogens with zero attached hydrogens (tertiary/aromatic N) is 2. The predicted octanol–water partition coefficient (Wildman–Crippen LogP) is 2.66. The number of hydrogen-bond acceptors (Lipinski definition) is 5. The lowest BCUT2D eigenvalue weighted by Crippen LogP contribution is -2.37. The molecule has 0 atom stereocenters. The third kappa shape index (κ3) is 9.61. The quantitative estimate of drug-likeness (QED) is 0.350. The number of alkyl halides is 3. The van der Waals surface area contributed by atoms with Crippen LogP contribution in [0.1, 0.15) is 30.5 Å². The van der Waals surface area contributed by atoms with Crippen molar-refractivity contribution >= 4 is 17.3 Å². The Morgan fingerprint density at radius 3 is 2.68 bits per heavy atom. The Labute approximate surface area is 149 Å². The molecule has 25 heavy (non-hydrogen) atoms. The van der Waals surface area contributed by atoms with Gasteiger partial charge in [-0.1, -0.05) is 0 Å². The van der Waals surface area contributed by atoms with Gasteiger partial charge in [0.25, 0.3) is 0 Å². The molecule has 0 aliphatic carbocycles. The van der Waals surface area contributed by atoms with E-state index in [4.69, 9.17) is 9.47 Å². The normalized spacial score (nSPS) is 12.4. The van der Waals surface area contributed by atoms with E-state index in [2.05, 4.69) is 20.6 Å². The number of aromatic nitrogens is 1. The SMILES string of the molecule is CCNC(=NCc1nc(C(F)(F)F)cs1)NCCCCOCCOC. The first-order chi connectivity index (χ1) is 12.0. The fourth-order valence-electron chi connectivity index (χ4n) is 1.78. The van der Waals surface area contributed by atoms with E-state index in [0.29, 0.717) is 43.9 Å². The zero-order valence-corrected chi connectivity index (χ0v) is 15.3. The molecule has 0 aliphatic rings. The molecule has 1 aromatic rings. The molecule has 0 aliphatic heterocycles. The van der Waals surface area contributed by atoms with E-state index in [1.165, 1.54) is 0 Å². The maximum atomic E-state index is 12.5. The monoisotopic (exact) mass is 382 g/mol. The van der Waals surface area contributed by atoms with Crippen molar-refractivity contribution < 1.29 is 22.6 Å².